The minimum absolute atomic E-state index is 0.0989. The highest BCUT2D eigenvalue weighted by Gasteiger charge is 2.30. The largest absolute Gasteiger partial charge is 0.472 e. The molecule has 0 spiro atoms. The van der Waals surface area contributed by atoms with E-state index in [0.717, 1.165) is 102 Å². The Hall–Kier alpha value is -1.94. The summed E-state index contributed by atoms with van der Waals surface area (Å²) in [6.07, 6.45) is 38.3. The maximum absolute atomic E-state index is 13.0. The van der Waals surface area contributed by atoms with Crippen LogP contribution in [0.3, 0.4) is 0 Å². The van der Waals surface area contributed by atoms with Crippen LogP contribution in [0, 0.1) is 5.92 Å². The fourth-order valence-electron chi connectivity index (χ4n) is 9.05. The van der Waals surface area contributed by atoms with Crippen LogP contribution >= 0.6 is 15.6 Å². The van der Waals surface area contributed by atoms with Gasteiger partial charge in [-0.25, -0.2) is 9.13 Å². The van der Waals surface area contributed by atoms with E-state index in [-0.39, 0.29) is 25.7 Å². The molecule has 3 N–H and O–H groups in total. The van der Waals surface area contributed by atoms with Crippen molar-refractivity contribution in [2.45, 2.75) is 323 Å². The molecule has 19 heteroatoms. The third kappa shape index (κ3) is 55.3. The molecule has 0 aliphatic heterocycles. The fourth-order valence-corrected chi connectivity index (χ4v) is 10.6. The van der Waals surface area contributed by atoms with Gasteiger partial charge in [0, 0.05) is 25.7 Å². The number of aliphatic hydroxyl groups excluding tert-OH is 1. The van der Waals surface area contributed by atoms with Gasteiger partial charge in [0.1, 0.15) is 19.3 Å². The number of hydrogen-bond acceptors (Lipinski definition) is 15. The van der Waals surface area contributed by atoms with E-state index in [1.807, 2.05) is 0 Å². The molecule has 0 radical (unpaired) electrons. The third-order valence-electron chi connectivity index (χ3n) is 14.0. The second-order valence-electron chi connectivity index (χ2n) is 22.6. The molecule has 0 saturated carbocycles. The van der Waals surface area contributed by atoms with Crippen molar-refractivity contribution in [1.29, 1.82) is 0 Å². The molecule has 2 unspecified atom stereocenters. The second kappa shape index (κ2) is 55.0. The molecular weight excluding hydrogens is 1070 g/mol. The van der Waals surface area contributed by atoms with Gasteiger partial charge >= 0.3 is 39.5 Å². The molecule has 0 aliphatic carbocycles. The van der Waals surface area contributed by atoms with Crippen LogP contribution in [-0.4, -0.2) is 96.7 Å². The minimum Gasteiger partial charge on any atom is -0.462 e. The number of esters is 4. The van der Waals surface area contributed by atoms with Crippen LogP contribution in [0.1, 0.15) is 304 Å². The first kappa shape index (κ1) is 78.1. The molecule has 0 saturated heterocycles. The summed E-state index contributed by atoms with van der Waals surface area (Å²) in [5, 5.41) is 10.5. The molecule has 0 aromatic heterocycles. The second-order valence-corrected chi connectivity index (χ2v) is 25.5. The Morgan fingerprint density at radius 3 is 0.850 bits per heavy atom. The molecular formula is C61H118O17P2. The Morgan fingerprint density at radius 2 is 0.575 bits per heavy atom. The van der Waals surface area contributed by atoms with E-state index < -0.39 is 97.5 Å². The van der Waals surface area contributed by atoms with E-state index in [9.17, 15) is 43.2 Å². The van der Waals surface area contributed by atoms with Crippen LogP contribution in [0.2, 0.25) is 0 Å². The van der Waals surface area contributed by atoms with E-state index >= 15 is 0 Å². The van der Waals surface area contributed by atoms with E-state index in [2.05, 4.69) is 34.6 Å². The van der Waals surface area contributed by atoms with Crippen molar-refractivity contribution in [2.24, 2.45) is 5.92 Å². The summed E-state index contributed by atoms with van der Waals surface area (Å²) in [7, 11) is -9.86. The van der Waals surface area contributed by atoms with Crippen LogP contribution in [0.5, 0.6) is 0 Å². The number of carbonyl (C=O) groups is 4. The number of ether oxygens (including phenoxy) is 4. The zero-order valence-corrected chi connectivity index (χ0v) is 53.0. The van der Waals surface area contributed by atoms with Gasteiger partial charge in [0.2, 0.25) is 0 Å². The highest BCUT2D eigenvalue weighted by Crippen LogP contribution is 2.45. The molecule has 0 fully saturated rings. The Kier molecular flexibility index (Phi) is 53.6. The van der Waals surface area contributed by atoms with E-state index in [1.165, 1.54) is 122 Å². The lowest BCUT2D eigenvalue weighted by Gasteiger charge is -2.21. The zero-order valence-electron chi connectivity index (χ0n) is 51.2. The van der Waals surface area contributed by atoms with E-state index in [4.69, 9.17) is 37.0 Å². The zero-order chi connectivity index (χ0) is 59.2. The van der Waals surface area contributed by atoms with Crippen LogP contribution in [0.25, 0.3) is 0 Å². The number of phosphoric ester groups is 2. The molecule has 0 heterocycles. The average Bonchev–Trinajstić information content (AvgIpc) is 3.42. The predicted octanol–water partition coefficient (Wildman–Crippen LogP) is 16.6. The van der Waals surface area contributed by atoms with Gasteiger partial charge in [-0.15, -0.1) is 0 Å². The van der Waals surface area contributed by atoms with Crippen molar-refractivity contribution in [1.82, 2.24) is 0 Å². The summed E-state index contributed by atoms with van der Waals surface area (Å²) >= 11 is 0. The number of unbranched alkanes of at least 4 members (excludes halogenated alkanes) is 33. The van der Waals surface area contributed by atoms with Crippen LogP contribution in [0.4, 0.5) is 0 Å². The molecule has 474 valence electrons. The van der Waals surface area contributed by atoms with Crippen molar-refractivity contribution in [2.75, 3.05) is 39.6 Å². The standard InChI is InChI=1S/C61H118O17P2/c1-6-9-12-15-16-17-18-19-22-25-28-31-36-40-45-59(64)72-51-57(78-61(66)47-42-37-32-29-26-23-20-21-24-27-30-35-38-43-54(4)5)53-76-80(69,70)74-49-55(62)48-73-79(67,68)75-52-56(77-60(65)46-41-34-14-11-8-3)50-71-58(63)44-39-33-13-10-7-2/h54-57,62H,6-53H2,1-5H3,(H,67,68)(H,69,70)/t55-,56+,57+/m0/s1. The summed E-state index contributed by atoms with van der Waals surface area (Å²) in [6, 6.07) is 0. The predicted molar refractivity (Wildman–Crippen MR) is 317 cm³/mol. The van der Waals surface area contributed by atoms with Crippen molar-refractivity contribution in [3.63, 3.8) is 0 Å². The summed E-state index contributed by atoms with van der Waals surface area (Å²) < 4.78 is 67.5. The third-order valence-corrected chi connectivity index (χ3v) is 15.9. The normalized spacial score (nSPS) is 14.3. The number of aliphatic hydroxyl groups is 1. The van der Waals surface area contributed by atoms with Gasteiger partial charge in [-0.2, -0.15) is 0 Å². The lowest BCUT2D eigenvalue weighted by Crippen LogP contribution is -2.30. The van der Waals surface area contributed by atoms with Crippen molar-refractivity contribution >= 4 is 39.5 Å². The van der Waals surface area contributed by atoms with Crippen molar-refractivity contribution < 1.29 is 80.2 Å². The highest BCUT2D eigenvalue weighted by molar-refractivity contribution is 7.47. The lowest BCUT2D eigenvalue weighted by atomic mass is 10.0. The molecule has 80 heavy (non-hydrogen) atoms. The topological polar surface area (TPSA) is 237 Å². The van der Waals surface area contributed by atoms with Gasteiger partial charge in [-0.05, 0) is 31.6 Å². The van der Waals surface area contributed by atoms with Crippen molar-refractivity contribution in [3.8, 4) is 0 Å². The maximum atomic E-state index is 13.0. The van der Waals surface area contributed by atoms with Gasteiger partial charge < -0.3 is 33.8 Å². The van der Waals surface area contributed by atoms with Crippen LogP contribution < -0.4 is 0 Å². The van der Waals surface area contributed by atoms with Gasteiger partial charge in [-0.3, -0.25) is 37.3 Å². The quantitative estimate of drug-likeness (QED) is 0.0222. The summed E-state index contributed by atoms with van der Waals surface area (Å²) in [5.74, 6) is -1.37. The van der Waals surface area contributed by atoms with E-state index in [1.54, 1.807) is 0 Å². The average molecular weight is 1190 g/mol. The lowest BCUT2D eigenvalue weighted by molar-refractivity contribution is -0.161. The Morgan fingerprint density at radius 1 is 0.338 bits per heavy atom. The van der Waals surface area contributed by atoms with Gasteiger partial charge in [0.25, 0.3) is 0 Å². The number of phosphoric acid groups is 2. The fraction of sp³-hybridized carbons (Fsp3) is 0.934. The Balaban J connectivity index is 5.11. The van der Waals surface area contributed by atoms with E-state index in [0.29, 0.717) is 25.7 Å². The Bertz CT molecular complexity index is 1570. The monoisotopic (exact) mass is 1180 g/mol. The molecule has 17 nitrogen and oxygen atoms in total. The SMILES string of the molecule is CCCCCCCCCCCCCCCCC(=O)OC[C@H](COP(=O)(O)OC[C@@H](O)COP(=O)(O)OC[C@@H](COC(=O)CCCCCCC)OC(=O)CCCCCCC)OC(=O)CCCCCCCCCCCCCCCC(C)C. The first-order chi connectivity index (χ1) is 38.5. The summed E-state index contributed by atoms with van der Waals surface area (Å²) in [6.45, 7) is 7.01. The first-order valence-electron chi connectivity index (χ1n) is 32.1. The first-order valence-corrected chi connectivity index (χ1v) is 35.1. The molecule has 0 rings (SSSR count). The van der Waals surface area contributed by atoms with Gasteiger partial charge in [0.05, 0.1) is 26.4 Å². The molecule has 0 aromatic carbocycles. The van der Waals surface area contributed by atoms with Crippen LogP contribution in [-0.2, 0) is 65.4 Å². The summed E-state index contributed by atoms with van der Waals surface area (Å²) in [4.78, 5) is 71.6. The van der Waals surface area contributed by atoms with Crippen molar-refractivity contribution in [3.05, 3.63) is 0 Å². The molecule has 0 bridgehead atoms. The van der Waals surface area contributed by atoms with Gasteiger partial charge in [0.15, 0.2) is 12.2 Å². The molecule has 0 aromatic rings. The number of hydrogen-bond donors (Lipinski definition) is 3. The number of carbonyl (C=O) groups excluding carboxylic acids is 4. The minimum atomic E-state index is -4.94. The maximum Gasteiger partial charge on any atom is 0.472 e. The Labute approximate surface area is 486 Å². The highest BCUT2D eigenvalue weighted by atomic mass is 31.2. The molecule has 0 amide bonds. The van der Waals surface area contributed by atoms with Crippen LogP contribution in [0.15, 0.2) is 0 Å². The molecule has 5 atom stereocenters. The smallest absolute Gasteiger partial charge is 0.462 e. The molecule has 0 aliphatic rings. The summed E-state index contributed by atoms with van der Waals surface area (Å²) in [5.41, 5.74) is 0. The number of rotatable bonds is 61. The van der Waals surface area contributed by atoms with Gasteiger partial charge in [-0.1, -0.05) is 253 Å².